The van der Waals surface area contributed by atoms with Crippen LogP contribution in [-0.4, -0.2) is 49.3 Å². The maximum absolute atomic E-state index is 12.9. The summed E-state index contributed by atoms with van der Waals surface area (Å²) in [4.78, 5) is 31.0. The molecule has 5 nitrogen and oxygen atoms in total. The summed E-state index contributed by atoms with van der Waals surface area (Å²) in [6, 6.07) is 11.7. The van der Waals surface area contributed by atoms with Gasteiger partial charge in [-0.1, -0.05) is 18.2 Å². The first-order valence-corrected chi connectivity index (χ1v) is 10.5. The molecule has 2 amide bonds. The predicted molar refractivity (Wildman–Crippen MR) is 123 cm³/mol. The van der Waals surface area contributed by atoms with E-state index < -0.39 is 22.9 Å². The number of nitrogens with zero attached hydrogens (tertiary/aromatic N) is 3. The third-order valence-corrected chi connectivity index (χ3v) is 6.18. The van der Waals surface area contributed by atoms with Crippen LogP contribution in [0.2, 0.25) is 0 Å². The topological polar surface area (TPSA) is 43.9 Å². The third-order valence-electron chi connectivity index (χ3n) is 5.31. The van der Waals surface area contributed by atoms with Gasteiger partial charge in [-0.2, -0.15) is 13.2 Å². The van der Waals surface area contributed by atoms with Crippen LogP contribution >= 0.6 is 24.2 Å². The average Bonchev–Trinajstić information content (AvgIpc) is 3.01. The number of amides is 2. The van der Waals surface area contributed by atoms with Gasteiger partial charge in [0.2, 0.25) is 0 Å². The van der Waals surface area contributed by atoms with Gasteiger partial charge in [-0.05, 0) is 60.8 Å². The normalized spacial score (nSPS) is 18.9. The van der Waals surface area contributed by atoms with E-state index in [1.807, 2.05) is 24.3 Å². The third kappa shape index (κ3) is 4.95. The van der Waals surface area contributed by atoms with Crippen LogP contribution in [-0.2, 0) is 11.0 Å². The highest BCUT2D eigenvalue weighted by molar-refractivity contribution is 8.19. The molecule has 0 saturated carbocycles. The predicted octanol–water partition coefficient (Wildman–Crippen LogP) is 5.12. The van der Waals surface area contributed by atoms with Gasteiger partial charge in [0.15, 0.2) is 0 Å². The first kappa shape index (κ1) is 24.2. The molecule has 0 bridgehead atoms. The molecule has 0 unspecified atom stereocenters. The minimum atomic E-state index is -4.48. The zero-order valence-corrected chi connectivity index (χ0v) is 18.8. The van der Waals surface area contributed by atoms with E-state index in [1.165, 1.54) is 0 Å². The molecule has 170 valence electrons. The Morgan fingerprint density at radius 3 is 2.19 bits per heavy atom. The van der Waals surface area contributed by atoms with E-state index in [0.29, 0.717) is 0 Å². The maximum atomic E-state index is 12.9. The molecule has 2 aliphatic rings. The van der Waals surface area contributed by atoms with Crippen molar-refractivity contribution >= 4 is 52.8 Å². The number of piperazine rings is 1. The highest BCUT2D eigenvalue weighted by atomic mass is 35.5. The van der Waals surface area contributed by atoms with Crippen LogP contribution in [0.25, 0.3) is 6.08 Å². The van der Waals surface area contributed by atoms with Crippen LogP contribution in [0.5, 0.6) is 0 Å². The second kappa shape index (κ2) is 9.56. The lowest BCUT2D eigenvalue weighted by molar-refractivity contribution is -0.137. The number of alkyl halides is 3. The van der Waals surface area contributed by atoms with E-state index in [4.69, 9.17) is 0 Å². The molecule has 0 aromatic heterocycles. The Hall–Kier alpha value is -2.49. The molecule has 0 spiro atoms. The fourth-order valence-electron chi connectivity index (χ4n) is 3.58. The highest BCUT2D eigenvalue weighted by Crippen LogP contribution is 2.38. The molecule has 2 saturated heterocycles. The lowest BCUT2D eigenvalue weighted by atomic mass is 10.1. The van der Waals surface area contributed by atoms with Crippen molar-refractivity contribution in [2.75, 3.05) is 43.0 Å². The van der Waals surface area contributed by atoms with E-state index in [9.17, 15) is 22.8 Å². The van der Waals surface area contributed by atoms with Crippen LogP contribution < -0.4 is 9.80 Å². The number of carbonyl (C=O) groups is 2. The van der Waals surface area contributed by atoms with Crippen molar-refractivity contribution in [3.05, 3.63) is 64.6 Å². The number of hydrogen-bond donors (Lipinski definition) is 0. The Labute approximate surface area is 194 Å². The number of anilines is 2. The molecule has 10 heteroatoms. The molecule has 2 aromatic carbocycles. The van der Waals surface area contributed by atoms with Crippen LogP contribution in [0.15, 0.2) is 53.4 Å². The Balaban J connectivity index is 0.00000289. The van der Waals surface area contributed by atoms with E-state index >= 15 is 0 Å². The number of likely N-dealkylation sites (N-methyl/N-ethyl adjacent to an activating group) is 1. The second-order valence-electron chi connectivity index (χ2n) is 7.41. The van der Waals surface area contributed by atoms with Crippen molar-refractivity contribution in [3.8, 4) is 0 Å². The Bertz CT molecular complexity index is 1040. The van der Waals surface area contributed by atoms with Gasteiger partial charge in [0.25, 0.3) is 11.1 Å². The maximum Gasteiger partial charge on any atom is 0.416 e. The summed E-state index contributed by atoms with van der Waals surface area (Å²) in [5.41, 5.74) is 1.09. The highest BCUT2D eigenvalue weighted by Gasteiger charge is 2.37. The van der Waals surface area contributed by atoms with Crippen LogP contribution in [0, 0.1) is 0 Å². The molecule has 2 aliphatic heterocycles. The molecule has 4 rings (SSSR count). The van der Waals surface area contributed by atoms with Crippen LogP contribution in [0.1, 0.15) is 11.1 Å². The van der Waals surface area contributed by atoms with Crippen molar-refractivity contribution in [1.82, 2.24) is 4.90 Å². The van der Waals surface area contributed by atoms with E-state index in [1.54, 1.807) is 6.08 Å². The first-order valence-electron chi connectivity index (χ1n) is 9.72. The summed E-state index contributed by atoms with van der Waals surface area (Å²) in [5.74, 6) is -0.539. The van der Waals surface area contributed by atoms with Gasteiger partial charge in [-0.15, -0.1) is 12.4 Å². The summed E-state index contributed by atoms with van der Waals surface area (Å²) >= 11 is 0.787. The number of thioether (sulfide) groups is 1. The van der Waals surface area contributed by atoms with E-state index in [-0.39, 0.29) is 23.0 Å². The van der Waals surface area contributed by atoms with Crippen LogP contribution in [0.4, 0.5) is 29.3 Å². The number of carbonyl (C=O) groups excluding carboxylic acids is 2. The number of halogens is 4. The van der Waals surface area contributed by atoms with Gasteiger partial charge in [0.05, 0.1) is 16.2 Å². The van der Waals surface area contributed by atoms with Gasteiger partial charge >= 0.3 is 6.18 Å². The van der Waals surface area contributed by atoms with Gasteiger partial charge < -0.3 is 9.80 Å². The molecule has 0 atom stereocenters. The van der Waals surface area contributed by atoms with Gasteiger partial charge in [-0.25, -0.2) is 4.90 Å². The summed E-state index contributed by atoms with van der Waals surface area (Å²) < 4.78 is 38.4. The summed E-state index contributed by atoms with van der Waals surface area (Å²) in [6.07, 6.45) is -2.80. The molecule has 2 aromatic rings. The molecule has 2 fully saturated rings. The lowest BCUT2D eigenvalue weighted by Gasteiger charge is -2.34. The number of imide groups is 1. The monoisotopic (exact) mass is 483 g/mol. The lowest BCUT2D eigenvalue weighted by Crippen LogP contribution is -2.44. The largest absolute Gasteiger partial charge is 0.416 e. The minimum Gasteiger partial charge on any atom is -0.368 e. The molecule has 32 heavy (non-hydrogen) atoms. The number of benzene rings is 2. The molecule has 2 heterocycles. The fourth-order valence-corrected chi connectivity index (χ4v) is 4.41. The van der Waals surface area contributed by atoms with Gasteiger partial charge in [0, 0.05) is 31.9 Å². The van der Waals surface area contributed by atoms with Crippen LogP contribution in [0.3, 0.4) is 0 Å². The quantitative estimate of drug-likeness (QED) is 0.567. The Morgan fingerprint density at radius 2 is 1.56 bits per heavy atom. The molecular weight excluding hydrogens is 463 g/mol. The number of para-hydroxylation sites is 1. The zero-order chi connectivity index (χ0) is 22.2. The molecular formula is C22H21ClF3N3O2S. The Kier molecular flexibility index (Phi) is 7.22. The number of hydrogen-bond acceptors (Lipinski definition) is 5. The second-order valence-corrected chi connectivity index (χ2v) is 8.40. The molecule has 0 radical (unpaired) electrons. The standard InChI is InChI=1S/C22H20F3N3O2S.ClH/c1-26-10-12-27(13-11-26)18-5-3-2-4-15(18)14-19-20(29)28(21(30)31-19)17-8-6-16(7-9-17)22(23,24)25;/h2-9,14H,10-13H2,1H3;1H. The van der Waals surface area contributed by atoms with E-state index in [0.717, 1.165) is 78.4 Å². The molecule has 0 N–H and O–H groups in total. The van der Waals surface area contributed by atoms with Crippen molar-refractivity contribution in [3.63, 3.8) is 0 Å². The minimum absolute atomic E-state index is 0. The van der Waals surface area contributed by atoms with Crippen molar-refractivity contribution < 1.29 is 22.8 Å². The summed E-state index contributed by atoms with van der Waals surface area (Å²) in [7, 11) is 2.07. The smallest absolute Gasteiger partial charge is 0.368 e. The average molecular weight is 484 g/mol. The Morgan fingerprint density at radius 1 is 0.938 bits per heavy atom. The SMILES string of the molecule is CN1CCN(c2ccccc2C=C2SC(=O)N(c3ccc(C(F)(F)F)cc3)C2=O)CC1.Cl. The first-order chi connectivity index (χ1) is 14.7. The van der Waals surface area contributed by atoms with Gasteiger partial charge in [0.1, 0.15) is 0 Å². The van der Waals surface area contributed by atoms with Gasteiger partial charge in [-0.3, -0.25) is 9.59 Å². The molecule has 0 aliphatic carbocycles. The summed E-state index contributed by atoms with van der Waals surface area (Å²) in [6.45, 7) is 3.57. The van der Waals surface area contributed by atoms with Crippen molar-refractivity contribution in [1.29, 1.82) is 0 Å². The summed E-state index contributed by atoms with van der Waals surface area (Å²) in [5, 5.41) is -0.534. The number of rotatable bonds is 3. The fraction of sp³-hybridized carbons (Fsp3) is 0.273. The van der Waals surface area contributed by atoms with Crippen molar-refractivity contribution in [2.45, 2.75) is 6.18 Å². The van der Waals surface area contributed by atoms with Crippen molar-refractivity contribution in [2.24, 2.45) is 0 Å². The zero-order valence-electron chi connectivity index (χ0n) is 17.1. The van der Waals surface area contributed by atoms with E-state index in [2.05, 4.69) is 16.8 Å².